The molecule has 2 heterocycles. The lowest BCUT2D eigenvalue weighted by atomic mass is 9.99. The molecule has 2 aliphatic heterocycles. The van der Waals surface area contributed by atoms with Crippen LogP contribution in [0.4, 0.5) is 0 Å². The average Bonchev–Trinajstić information content (AvgIpc) is 3.40. The first kappa shape index (κ1) is 17.5. The Bertz CT molecular complexity index is 1020. The minimum atomic E-state index is -2.00. The maximum atomic E-state index is 5.77. The molecule has 2 fully saturated rings. The molecule has 0 radical (unpaired) electrons. The van der Waals surface area contributed by atoms with Gasteiger partial charge in [-0.15, -0.1) is 0 Å². The zero-order valence-electron chi connectivity index (χ0n) is 17.2. The molecule has 0 aromatic heterocycles. The van der Waals surface area contributed by atoms with Gasteiger partial charge in [0.2, 0.25) is 0 Å². The van der Waals surface area contributed by atoms with Crippen LogP contribution in [0.15, 0.2) is 91.8 Å². The second kappa shape index (κ2) is 5.85. The van der Waals surface area contributed by atoms with E-state index in [4.69, 9.17) is 18.9 Å². The summed E-state index contributed by atoms with van der Waals surface area (Å²) < 4.78 is 22.8. The molecule has 6 rings (SSSR count). The quantitative estimate of drug-likeness (QED) is 0.626. The standard InChI is InChI=1S/C24H24O4Si/c1-13-5-15-7-19-21(27-11-25-19)9-17(15)23(13)29(3,4)24-14(2)6-16-8-20-22(10-18(16)24)28-12-26-20/h5-10,21-22H,11-12H2,1-4H3. The van der Waals surface area contributed by atoms with Crippen LogP contribution in [-0.4, -0.2) is 33.9 Å². The number of allylic oxidation sites excluding steroid dienone is 12. The highest BCUT2D eigenvalue weighted by molar-refractivity contribution is 6.92. The Kier molecular flexibility index (Phi) is 3.53. The van der Waals surface area contributed by atoms with Gasteiger partial charge in [0.05, 0.1) is 0 Å². The van der Waals surface area contributed by atoms with Gasteiger partial charge >= 0.3 is 0 Å². The second-order valence-corrected chi connectivity index (χ2v) is 13.1. The van der Waals surface area contributed by atoms with E-state index in [9.17, 15) is 0 Å². The first-order valence-electron chi connectivity index (χ1n) is 10.2. The van der Waals surface area contributed by atoms with E-state index in [0.29, 0.717) is 13.6 Å². The topological polar surface area (TPSA) is 36.9 Å². The molecule has 2 atom stereocenters. The summed E-state index contributed by atoms with van der Waals surface area (Å²) in [4.78, 5) is 0. The van der Waals surface area contributed by atoms with Gasteiger partial charge in [-0.2, -0.15) is 0 Å². The summed E-state index contributed by atoms with van der Waals surface area (Å²) in [6, 6.07) is 0. The summed E-state index contributed by atoms with van der Waals surface area (Å²) in [5.41, 5.74) is 7.90. The lowest BCUT2D eigenvalue weighted by Crippen LogP contribution is -2.36. The van der Waals surface area contributed by atoms with Crippen LogP contribution in [0.1, 0.15) is 13.8 Å². The van der Waals surface area contributed by atoms with Crippen molar-refractivity contribution in [1.82, 2.24) is 0 Å². The average molecular weight is 405 g/mol. The van der Waals surface area contributed by atoms with Crippen LogP contribution >= 0.6 is 0 Å². The van der Waals surface area contributed by atoms with E-state index in [1.807, 2.05) is 0 Å². The third-order valence-electron chi connectivity index (χ3n) is 6.68. The fraction of sp³-hybridized carbons (Fsp3) is 0.333. The number of hydrogen-bond acceptors (Lipinski definition) is 4. The molecule has 2 unspecified atom stereocenters. The summed E-state index contributed by atoms with van der Waals surface area (Å²) in [6.07, 6.45) is 13.3. The third kappa shape index (κ3) is 2.38. The molecular weight excluding hydrogens is 380 g/mol. The molecule has 0 spiro atoms. The molecule has 0 bridgehead atoms. The summed E-state index contributed by atoms with van der Waals surface area (Å²) in [5.74, 6) is 1.86. The van der Waals surface area contributed by atoms with Gasteiger partial charge in [-0.05, 0) is 70.8 Å². The van der Waals surface area contributed by atoms with Crippen molar-refractivity contribution in [3.8, 4) is 0 Å². The lowest BCUT2D eigenvalue weighted by Gasteiger charge is -2.33. The van der Waals surface area contributed by atoms with Gasteiger partial charge in [-0.3, -0.25) is 0 Å². The van der Waals surface area contributed by atoms with E-state index in [1.165, 1.54) is 43.8 Å². The highest BCUT2D eigenvalue weighted by Gasteiger charge is 2.44. The molecule has 5 heteroatoms. The zero-order chi connectivity index (χ0) is 19.9. The van der Waals surface area contributed by atoms with Crippen LogP contribution in [0.2, 0.25) is 13.1 Å². The van der Waals surface area contributed by atoms with Gasteiger partial charge in [0.1, 0.15) is 31.8 Å². The van der Waals surface area contributed by atoms with E-state index in [-0.39, 0.29) is 12.2 Å². The van der Waals surface area contributed by atoms with Crippen LogP contribution in [0, 0.1) is 0 Å². The molecule has 6 aliphatic rings. The van der Waals surface area contributed by atoms with E-state index >= 15 is 0 Å². The van der Waals surface area contributed by atoms with Gasteiger partial charge in [0.15, 0.2) is 13.6 Å². The molecule has 0 aromatic carbocycles. The Balaban J connectivity index is 1.42. The summed E-state index contributed by atoms with van der Waals surface area (Å²) in [7, 11) is -2.00. The van der Waals surface area contributed by atoms with Gasteiger partial charge in [0, 0.05) is 0 Å². The summed E-state index contributed by atoms with van der Waals surface area (Å²) in [5, 5.41) is 3.00. The normalized spacial score (nSPS) is 29.7. The molecule has 2 saturated heterocycles. The Morgan fingerprint density at radius 2 is 1.17 bits per heavy atom. The minimum Gasteiger partial charge on any atom is -0.469 e. The van der Waals surface area contributed by atoms with Crippen LogP contribution in [0.5, 0.6) is 0 Å². The monoisotopic (exact) mass is 404 g/mol. The highest BCUT2D eigenvalue weighted by atomic mass is 28.3. The maximum Gasteiger partial charge on any atom is 0.189 e. The number of rotatable bonds is 2. The van der Waals surface area contributed by atoms with Gasteiger partial charge in [0.25, 0.3) is 0 Å². The van der Waals surface area contributed by atoms with Gasteiger partial charge in [-0.1, -0.05) is 36.4 Å². The fourth-order valence-electron chi connectivity index (χ4n) is 5.66. The van der Waals surface area contributed by atoms with Crippen LogP contribution in [0.3, 0.4) is 0 Å². The molecule has 0 aromatic rings. The van der Waals surface area contributed by atoms with Gasteiger partial charge in [-0.25, -0.2) is 0 Å². The van der Waals surface area contributed by atoms with Crippen molar-refractivity contribution in [1.29, 1.82) is 0 Å². The van der Waals surface area contributed by atoms with E-state index in [0.717, 1.165) is 11.5 Å². The van der Waals surface area contributed by atoms with E-state index in [2.05, 4.69) is 63.4 Å². The number of ether oxygens (including phenoxy) is 4. The van der Waals surface area contributed by atoms with Crippen LogP contribution < -0.4 is 0 Å². The van der Waals surface area contributed by atoms with Crippen LogP contribution in [-0.2, 0) is 18.9 Å². The first-order valence-corrected chi connectivity index (χ1v) is 13.2. The molecule has 4 nitrogen and oxygen atoms in total. The van der Waals surface area contributed by atoms with Crippen molar-refractivity contribution in [2.75, 3.05) is 13.6 Å². The molecule has 29 heavy (non-hydrogen) atoms. The van der Waals surface area contributed by atoms with Crippen molar-refractivity contribution in [2.45, 2.75) is 39.1 Å². The van der Waals surface area contributed by atoms with E-state index < -0.39 is 8.07 Å². The first-order chi connectivity index (χ1) is 13.9. The molecule has 148 valence electrons. The predicted octanol–water partition coefficient (Wildman–Crippen LogP) is 4.68. The highest BCUT2D eigenvalue weighted by Crippen LogP contribution is 2.50. The number of fused-ring (bicyclic) bond motifs is 4. The van der Waals surface area contributed by atoms with Crippen molar-refractivity contribution in [3.63, 3.8) is 0 Å². The minimum absolute atomic E-state index is 0.0522. The Labute approximate surface area is 171 Å². The van der Waals surface area contributed by atoms with E-state index in [1.54, 1.807) is 0 Å². The van der Waals surface area contributed by atoms with Crippen molar-refractivity contribution < 1.29 is 18.9 Å². The Morgan fingerprint density at radius 3 is 1.62 bits per heavy atom. The Morgan fingerprint density at radius 1 is 0.724 bits per heavy atom. The molecule has 4 aliphatic carbocycles. The number of hydrogen-bond donors (Lipinski definition) is 0. The van der Waals surface area contributed by atoms with Gasteiger partial charge < -0.3 is 18.9 Å². The molecule has 0 amide bonds. The van der Waals surface area contributed by atoms with Crippen molar-refractivity contribution >= 4 is 8.07 Å². The van der Waals surface area contributed by atoms with Crippen molar-refractivity contribution in [2.24, 2.45) is 0 Å². The summed E-state index contributed by atoms with van der Waals surface area (Å²) in [6.45, 7) is 10.1. The van der Waals surface area contributed by atoms with Crippen LogP contribution in [0.25, 0.3) is 0 Å². The molecule has 0 N–H and O–H groups in total. The Hall–Kier alpha value is -2.34. The predicted molar refractivity (Wildman–Crippen MR) is 113 cm³/mol. The second-order valence-electron chi connectivity index (χ2n) is 8.89. The summed E-state index contributed by atoms with van der Waals surface area (Å²) >= 11 is 0. The SMILES string of the molecule is CC1=C([Si](C)(C)C2=C(C)C=C3C=C4OCOC4C=C32)C2=CC3OCOC3=CC2=C1. The fourth-order valence-corrected chi connectivity index (χ4v) is 9.83. The molecule has 0 saturated carbocycles. The lowest BCUT2D eigenvalue weighted by molar-refractivity contribution is 0.0627. The zero-order valence-corrected chi connectivity index (χ0v) is 18.2. The largest absolute Gasteiger partial charge is 0.469 e. The molecular formula is C24H24O4Si. The third-order valence-corrected chi connectivity index (χ3v) is 10.5. The maximum absolute atomic E-state index is 5.77. The smallest absolute Gasteiger partial charge is 0.189 e. The van der Waals surface area contributed by atoms with Crippen molar-refractivity contribution in [3.05, 3.63) is 91.8 Å².